The fourth-order valence-corrected chi connectivity index (χ4v) is 2.65. The maximum atomic E-state index is 12.7. The first-order valence-electron chi connectivity index (χ1n) is 7.99. The van der Waals surface area contributed by atoms with Gasteiger partial charge in [-0.15, -0.1) is 0 Å². The highest BCUT2D eigenvalue weighted by Crippen LogP contribution is 2.27. The maximum Gasteiger partial charge on any atom is 0.258 e. The molecule has 5 nitrogen and oxygen atoms in total. The Hall–Kier alpha value is -2.37. The van der Waals surface area contributed by atoms with E-state index in [0.717, 1.165) is 11.4 Å². The summed E-state index contributed by atoms with van der Waals surface area (Å²) in [7, 11) is 1.77. The first-order chi connectivity index (χ1) is 11.6. The first-order valence-corrected chi connectivity index (χ1v) is 7.99. The molecule has 3 rings (SSSR count). The van der Waals surface area contributed by atoms with Crippen molar-refractivity contribution < 1.29 is 14.6 Å². The molecule has 0 atom stereocenters. The highest BCUT2D eigenvalue weighted by Gasteiger charge is 2.37. The number of benzene rings is 2. The molecular weight excluding hydrogens is 304 g/mol. The number of hydrogen-bond donors (Lipinski definition) is 2. The Balaban J connectivity index is 1.69. The van der Waals surface area contributed by atoms with Crippen molar-refractivity contribution in [3.8, 4) is 0 Å². The van der Waals surface area contributed by atoms with Crippen LogP contribution in [-0.2, 0) is 4.74 Å². The zero-order valence-corrected chi connectivity index (χ0v) is 13.7. The number of ether oxygens (including phenoxy) is 1. The molecule has 0 bridgehead atoms. The smallest absolute Gasteiger partial charge is 0.258 e. The van der Waals surface area contributed by atoms with Gasteiger partial charge in [-0.2, -0.15) is 0 Å². The fraction of sp³-hybridized carbons (Fsp3) is 0.316. The molecule has 2 N–H and O–H groups in total. The third-order valence-electron chi connectivity index (χ3n) is 4.38. The number of carbonyl (C=O) groups excluding carboxylic acids is 1. The Morgan fingerprint density at radius 2 is 1.96 bits per heavy atom. The van der Waals surface area contributed by atoms with Crippen molar-refractivity contribution in [2.75, 3.05) is 43.6 Å². The SMILES string of the molecule is CN(C(=O)c1cccc(NCC2(CO)COC2)c1)c1ccccc1. The molecule has 0 aromatic heterocycles. The predicted molar refractivity (Wildman–Crippen MR) is 94.4 cm³/mol. The molecule has 0 saturated carbocycles. The zero-order chi connectivity index (χ0) is 17.0. The lowest BCUT2D eigenvalue weighted by atomic mass is 9.87. The van der Waals surface area contributed by atoms with Crippen LogP contribution in [0.2, 0.25) is 0 Å². The third-order valence-corrected chi connectivity index (χ3v) is 4.38. The summed E-state index contributed by atoms with van der Waals surface area (Å²) in [6.07, 6.45) is 0. The van der Waals surface area contributed by atoms with Gasteiger partial charge in [0.05, 0.1) is 25.2 Å². The van der Waals surface area contributed by atoms with E-state index in [9.17, 15) is 9.90 Å². The van der Waals surface area contributed by atoms with E-state index in [1.165, 1.54) is 0 Å². The number of aliphatic hydroxyl groups is 1. The summed E-state index contributed by atoms with van der Waals surface area (Å²) >= 11 is 0. The van der Waals surface area contributed by atoms with Gasteiger partial charge in [-0.1, -0.05) is 24.3 Å². The van der Waals surface area contributed by atoms with Gasteiger partial charge in [0.15, 0.2) is 0 Å². The van der Waals surface area contributed by atoms with Crippen molar-refractivity contribution in [1.29, 1.82) is 0 Å². The average Bonchev–Trinajstić information content (AvgIpc) is 2.61. The van der Waals surface area contributed by atoms with Gasteiger partial charge in [0, 0.05) is 30.5 Å². The molecule has 0 unspecified atom stereocenters. The topological polar surface area (TPSA) is 61.8 Å². The largest absolute Gasteiger partial charge is 0.396 e. The number of carbonyl (C=O) groups is 1. The summed E-state index contributed by atoms with van der Waals surface area (Å²) in [5.74, 6) is -0.0614. The van der Waals surface area contributed by atoms with Gasteiger partial charge in [-0.25, -0.2) is 0 Å². The molecule has 1 fully saturated rings. The predicted octanol–water partition coefficient (Wildman–Crippen LogP) is 2.38. The van der Waals surface area contributed by atoms with Crippen molar-refractivity contribution in [2.45, 2.75) is 0 Å². The molecule has 1 aliphatic rings. The Kier molecular flexibility index (Phi) is 4.83. The molecule has 0 spiro atoms. The Labute approximate surface area is 141 Å². The lowest BCUT2D eigenvalue weighted by Gasteiger charge is -2.40. The number of nitrogens with zero attached hydrogens (tertiary/aromatic N) is 1. The van der Waals surface area contributed by atoms with E-state index in [2.05, 4.69) is 5.32 Å². The molecular formula is C19H22N2O3. The maximum absolute atomic E-state index is 12.7. The van der Waals surface area contributed by atoms with Crippen LogP contribution < -0.4 is 10.2 Å². The fourth-order valence-electron chi connectivity index (χ4n) is 2.65. The number of para-hydroxylation sites is 1. The van der Waals surface area contributed by atoms with Crippen LogP contribution in [0.25, 0.3) is 0 Å². The monoisotopic (exact) mass is 326 g/mol. The normalized spacial score (nSPS) is 15.4. The number of aliphatic hydroxyl groups excluding tert-OH is 1. The van der Waals surface area contributed by atoms with Crippen LogP contribution in [0.1, 0.15) is 10.4 Å². The first kappa shape index (κ1) is 16.5. The summed E-state index contributed by atoms with van der Waals surface area (Å²) < 4.78 is 5.20. The number of hydrogen-bond acceptors (Lipinski definition) is 4. The van der Waals surface area contributed by atoms with Gasteiger partial charge >= 0.3 is 0 Å². The second-order valence-corrected chi connectivity index (χ2v) is 6.28. The van der Waals surface area contributed by atoms with Crippen LogP contribution in [0.3, 0.4) is 0 Å². The molecule has 1 amide bonds. The quantitative estimate of drug-likeness (QED) is 0.856. The van der Waals surface area contributed by atoms with Gasteiger partial charge in [0.1, 0.15) is 0 Å². The number of amides is 1. The molecule has 0 aliphatic carbocycles. The van der Waals surface area contributed by atoms with E-state index in [0.29, 0.717) is 25.3 Å². The summed E-state index contributed by atoms with van der Waals surface area (Å²) in [6, 6.07) is 17.0. The van der Waals surface area contributed by atoms with Crippen molar-refractivity contribution in [3.63, 3.8) is 0 Å². The van der Waals surface area contributed by atoms with E-state index >= 15 is 0 Å². The van der Waals surface area contributed by atoms with Crippen molar-refractivity contribution >= 4 is 17.3 Å². The molecule has 5 heteroatoms. The van der Waals surface area contributed by atoms with Crippen molar-refractivity contribution in [3.05, 3.63) is 60.2 Å². The van der Waals surface area contributed by atoms with Crippen molar-refractivity contribution in [1.82, 2.24) is 0 Å². The highest BCUT2D eigenvalue weighted by atomic mass is 16.5. The average molecular weight is 326 g/mol. The minimum Gasteiger partial charge on any atom is -0.396 e. The lowest BCUT2D eigenvalue weighted by molar-refractivity contribution is -0.128. The van der Waals surface area contributed by atoms with Crippen LogP contribution in [0.5, 0.6) is 0 Å². The molecule has 2 aromatic rings. The van der Waals surface area contributed by atoms with Crippen molar-refractivity contribution in [2.24, 2.45) is 5.41 Å². The summed E-state index contributed by atoms with van der Waals surface area (Å²) in [5.41, 5.74) is 2.13. The second kappa shape index (κ2) is 7.03. The Morgan fingerprint density at radius 3 is 2.58 bits per heavy atom. The van der Waals surface area contributed by atoms with Gasteiger partial charge in [-0.3, -0.25) is 4.79 Å². The van der Waals surface area contributed by atoms with Gasteiger partial charge in [0.2, 0.25) is 0 Å². The van der Waals surface area contributed by atoms with Crippen LogP contribution in [0.4, 0.5) is 11.4 Å². The number of rotatable bonds is 6. The molecule has 2 aromatic carbocycles. The highest BCUT2D eigenvalue weighted by molar-refractivity contribution is 6.06. The van der Waals surface area contributed by atoms with Gasteiger partial charge < -0.3 is 20.1 Å². The Bertz CT molecular complexity index is 693. The second-order valence-electron chi connectivity index (χ2n) is 6.28. The van der Waals surface area contributed by atoms with Crippen LogP contribution in [-0.4, -0.2) is 44.4 Å². The van der Waals surface area contributed by atoms with E-state index in [1.807, 2.05) is 48.5 Å². The standard InChI is InChI=1S/C19H22N2O3/c1-21(17-8-3-2-4-9-17)18(23)15-6-5-7-16(10-15)20-11-19(12-22)13-24-14-19/h2-10,20,22H,11-14H2,1H3. The van der Waals surface area contributed by atoms with E-state index in [-0.39, 0.29) is 17.9 Å². The summed E-state index contributed by atoms with van der Waals surface area (Å²) in [4.78, 5) is 14.3. The molecule has 1 heterocycles. The van der Waals surface area contributed by atoms with E-state index < -0.39 is 0 Å². The zero-order valence-electron chi connectivity index (χ0n) is 13.7. The van der Waals surface area contributed by atoms with E-state index in [1.54, 1.807) is 18.0 Å². The molecule has 126 valence electrons. The lowest BCUT2D eigenvalue weighted by Crippen LogP contribution is -2.50. The van der Waals surface area contributed by atoms with Crippen LogP contribution in [0, 0.1) is 5.41 Å². The molecule has 1 saturated heterocycles. The van der Waals surface area contributed by atoms with E-state index in [4.69, 9.17) is 4.74 Å². The Morgan fingerprint density at radius 1 is 1.21 bits per heavy atom. The minimum atomic E-state index is -0.207. The summed E-state index contributed by atoms with van der Waals surface area (Å²) in [5, 5.41) is 12.8. The minimum absolute atomic E-state index is 0.0614. The molecule has 0 radical (unpaired) electrons. The van der Waals surface area contributed by atoms with Gasteiger partial charge in [-0.05, 0) is 30.3 Å². The van der Waals surface area contributed by atoms with Crippen LogP contribution in [0.15, 0.2) is 54.6 Å². The summed E-state index contributed by atoms with van der Waals surface area (Å²) in [6.45, 7) is 1.84. The third kappa shape index (κ3) is 3.42. The number of anilines is 2. The molecule has 24 heavy (non-hydrogen) atoms. The van der Waals surface area contributed by atoms with Gasteiger partial charge in [0.25, 0.3) is 5.91 Å². The molecule has 1 aliphatic heterocycles. The van der Waals surface area contributed by atoms with Crippen LogP contribution >= 0.6 is 0 Å². The number of nitrogens with one attached hydrogen (secondary N) is 1.